The molecule has 3 spiro atoms. The van der Waals surface area contributed by atoms with Gasteiger partial charge in [-0.1, -0.05) is 24.6 Å². The summed E-state index contributed by atoms with van der Waals surface area (Å²) in [4.78, 5) is 26.2. The summed E-state index contributed by atoms with van der Waals surface area (Å²) in [5, 5.41) is 10.9. The fourth-order valence-corrected chi connectivity index (χ4v) is 7.72. The molecule has 0 unspecified atom stereocenters. The molecule has 0 amide bonds. The van der Waals surface area contributed by atoms with E-state index in [1.54, 1.807) is 12.2 Å². The van der Waals surface area contributed by atoms with E-state index < -0.39 is 52.3 Å². The molecule has 0 aromatic rings. The highest BCUT2D eigenvalue weighted by Gasteiger charge is 2.83. The van der Waals surface area contributed by atoms with Crippen LogP contribution in [0, 0.1) is 10.8 Å². The summed E-state index contributed by atoms with van der Waals surface area (Å²) in [5.41, 5.74) is -1.63. The Hall–Kier alpha value is -2.20. The lowest BCUT2D eigenvalue weighted by Crippen LogP contribution is -2.66. The van der Waals surface area contributed by atoms with Crippen LogP contribution in [0.5, 0.6) is 0 Å². The van der Waals surface area contributed by atoms with Crippen LogP contribution in [-0.4, -0.2) is 78.6 Å². The quantitative estimate of drug-likeness (QED) is 0.302. The molecular weight excluding hydrogens is 468 g/mol. The molecule has 0 radical (unpaired) electrons. The number of esters is 2. The third-order valence-corrected chi connectivity index (χ3v) is 10.1. The van der Waals surface area contributed by atoms with Crippen LogP contribution in [-0.2, 0) is 38.0 Å². The molecule has 0 aromatic heterocycles. The smallest absolute Gasteiger partial charge is 0.338 e. The number of fused-ring (bicyclic) bond motifs is 1. The predicted octanol–water partition coefficient (Wildman–Crippen LogP) is 1.88. The number of aliphatic hydroxyl groups excluding tert-OH is 1. The summed E-state index contributed by atoms with van der Waals surface area (Å²) in [6.45, 7) is 5.14. The number of hydrogen-bond donors (Lipinski definition) is 1. The number of carbonyl (C=O) groups is 2. The molecule has 5 aliphatic heterocycles. The van der Waals surface area contributed by atoms with Gasteiger partial charge in [-0.3, -0.25) is 0 Å². The molecule has 194 valence electrons. The number of ether oxygens (including phenoxy) is 6. The van der Waals surface area contributed by atoms with Crippen molar-refractivity contribution in [2.24, 2.45) is 10.8 Å². The van der Waals surface area contributed by atoms with Gasteiger partial charge in [-0.15, -0.1) is 0 Å². The van der Waals surface area contributed by atoms with Crippen molar-refractivity contribution in [2.75, 3.05) is 19.8 Å². The van der Waals surface area contributed by atoms with Crippen LogP contribution in [0.4, 0.5) is 0 Å². The van der Waals surface area contributed by atoms with Gasteiger partial charge < -0.3 is 33.5 Å². The van der Waals surface area contributed by atoms with Gasteiger partial charge in [0.2, 0.25) is 0 Å². The number of allylic oxidation sites excluding steroid dienone is 3. The van der Waals surface area contributed by atoms with Gasteiger partial charge in [0.1, 0.15) is 35.8 Å². The van der Waals surface area contributed by atoms with Gasteiger partial charge in [0.05, 0.1) is 30.8 Å². The normalized spacial score (nSPS) is 53.5. The highest BCUT2D eigenvalue weighted by Crippen LogP contribution is 2.72. The topological polar surface area (TPSA) is 116 Å². The van der Waals surface area contributed by atoms with E-state index in [1.807, 2.05) is 0 Å². The minimum atomic E-state index is -1.08. The van der Waals surface area contributed by atoms with Gasteiger partial charge in [0, 0.05) is 24.3 Å². The fourth-order valence-electron chi connectivity index (χ4n) is 7.72. The lowest BCUT2D eigenvalue weighted by Gasteiger charge is -2.58. The van der Waals surface area contributed by atoms with E-state index in [-0.39, 0.29) is 18.8 Å². The summed E-state index contributed by atoms with van der Waals surface area (Å²) in [6.07, 6.45) is 6.90. The van der Waals surface area contributed by atoms with E-state index >= 15 is 0 Å². The van der Waals surface area contributed by atoms with Crippen LogP contribution in [0.15, 0.2) is 35.6 Å². The van der Waals surface area contributed by atoms with Crippen molar-refractivity contribution < 1.29 is 43.1 Å². The zero-order valence-corrected chi connectivity index (χ0v) is 20.6. The van der Waals surface area contributed by atoms with E-state index in [0.717, 1.165) is 6.42 Å². The van der Waals surface area contributed by atoms with Crippen LogP contribution >= 0.6 is 0 Å². The zero-order valence-electron chi connectivity index (χ0n) is 20.6. The van der Waals surface area contributed by atoms with E-state index in [0.29, 0.717) is 44.7 Å². The van der Waals surface area contributed by atoms with Crippen molar-refractivity contribution in [3.8, 4) is 0 Å². The summed E-state index contributed by atoms with van der Waals surface area (Å²) >= 11 is 0. The lowest BCUT2D eigenvalue weighted by molar-refractivity contribution is -0.233. The third kappa shape index (κ3) is 2.80. The first-order valence-electron chi connectivity index (χ1n) is 13.0. The zero-order chi connectivity index (χ0) is 24.9. The Morgan fingerprint density at radius 1 is 1.11 bits per heavy atom. The number of epoxide rings is 2. The van der Waals surface area contributed by atoms with Crippen LogP contribution in [0.3, 0.4) is 0 Å². The first-order valence-corrected chi connectivity index (χ1v) is 13.0. The maximum absolute atomic E-state index is 13.3. The molecule has 7 rings (SSSR count). The maximum atomic E-state index is 13.3. The Bertz CT molecular complexity index is 1100. The fraction of sp³-hybridized carbons (Fsp3) is 0.704. The molecule has 4 saturated heterocycles. The van der Waals surface area contributed by atoms with E-state index in [2.05, 4.69) is 19.9 Å². The number of cyclic esters (lactones) is 1. The van der Waals surface area contributed by atoms with Crippen molar-refractivity contribution in [1.29, 1.82) is 0 Å². The molecule has 5 fully saturated rings. The van der Waals surface area contributed by atoms with Gasteiger partial charge in [0.25, 0.3) is 0 Å². The molecule has 36 heavy (non-hydrogen) atoms. The molecule has 2 aliphatic carbocycles. The molecular formula is C27H32O9. The van der Waals surface area contributed by atoms with Crippen LogP contribution < -0.4 is 0 Å². The third-order valence-electron chi connectivity index (χ3n) is 10.1. The van der Waals surface area contributed by atoms with E-state index in [1.165, 1.54) is 11.6 Å². The minimum absolute atomic E-state index is 0.0870. The minimum Gasteiger partial charge on any atom is -0.495 e. The van der Waals surface area contributed by atoms with E-state index in [4.69, 9.17) is 28.4 Å². The molecule has 7 aliphatic rings. The number of rotatable bonds is 0. The van der Waals surface area contributed by atoms with Gasteiger partial charge >= 0.3 is 11.9 Å². The highest BCUT2D eigenvalue weighted by atomic mass is 16.7. The van der Waals surface area contributed by atoms with Gasteiger partial charge in [-0.05, 0) is 32.3 Å². The molecule has 4 bridgehead atoms. The lowest BCUT2D eigenvalue weighted by atomic mass is 9.51. The highest BCUT2D eigenvalue weighted by molar-refractivity contribution is 5.82. The van der Waals surface area contributed by atoms with Crippen molar-refractivity contribution in [1.82, 2.24) is 0 Å². The Morgan fingerprint density at radius 2 is 1.94 bits per heavy atom. The maximum Gasteiger partial charge on any atom is 0.338 e. The predicted molar refractivity (Wildman–Crippen MR) is 122 cm³/mol. The second-order valence-corrected chi connectivity index (χ2v) is 11.6. The largest absolute Gasteiger partial charge is 0.495 e. The SMILES string of the molecule is CC1=C[C@H]2O[C@@H]3C[C@H]4OC(=O)/C=C\C/C=C5/OCC[C@@]6(O[C@@H]6C(=O)OC[C@@]2(CC1)[C@]4(C)[C@]31CO1)[C@@H]5O. The van der Waals surface area contributed by atoms with Crippen molar-refractivity contribution in [2.45, 2.75) is 87.7 Å². The number of aliphatic hydroxyl groups is 1. The molecule has 9 heteroatoms. The Kier molecular flexibility index (Phi) is 4.74. The summed E-state index contributed by atoms with van der Waals surface area (Å²) in [5.74, 6) is -0.588. The Labute approximate surface area is 209 Å². The van der Waals surface area contributed by atoms with Crippen LogP contribution in [0.1, 0.15) is 46.0 Å². The molecule has 1 N–H and O–H groups in total. The standard InChI is InChI=1S/C27H32O9/c1-15-7-8-25-13-32-23(30)22-26(36-22)9-10-31-16(21(26)29)5-3-4-6-20(28)35-17-12-19(34-18(25)11-15)27(14-33-27)24(17,25)2/h4-6,11,17-19,21-22,29H,3,7-10,12-14H2,1-2H3/b6-4-,16-5+/t17-,18-,19-,21-,22-,24-,25-,26-,27+/m1/s1. The van der Waals surface area contributed by atoms with Gasteiger partial charge in [-0.25, -0.2) is 9.59 Å². The summed E-state index contributed by atoms with van der Waals surface area (Å²) in [7, 11) is 0. The molecule has 0 aromatic carbocycles. The first-order chi connectivity index (χ1) is 17.3. The average molecular weight is 501 g/mol. The van der Waals surface area contributed by atoms with Gasteiger partial charge in [0.15, 0.2) is 6.10 Å². The summed E-state index contributed by atoms with van der Waals surface area (Å²) < 4.78 is 36.3. The van der Waals surface area contributed by atoms with Gasteiger partial charge in [-0.2, -0.15) is 0 Å². The van der Waals surface area contributed by atoms with Crippen molar-refractivity contribution in [3.63, 3.8) is 0 Å². The molecule has 9 nitrogen and oxygen atoms in total. The molecule has 1 saturated carbocycles. The van der Waals surface area contributed by atoms with Crippen molar-refractivity contribution in [3.05, 3.63) is 35.6 Å². The van der Waals surface area contributed by atoms with E-state index in [9.17, 15) is 14.7 Å². The Balaban J connectivity index is 1.30. The van der Waals surface area contributed by atoms with Crippen molar-refractivity contribution >= 4 is 11.9 Å². The molecule has 5 heterocycles. The first kappa shape index (κ1) is 23.0. The van der Waals surface area contributed by atoms with Crippen LogP contribution in [0.25, 0.3) is 0 Å². The second kappa shape index (κ2) is 7.43. The summed E-state index contributed by atoms with van der Waals surface area (Å²) in [6, 6.07) is 0. The number of hydrogen-bond acceptors (Lipinski definition) is 9. The molecule has 9 atom stereocenters. The second-order valence-electron chi connectivity index (χ2n) is 11.6. The monoisotopic (exact) mass is 500 g/mol. The average Bonchev–Trinajstić information content (AvgIpc) is 3.76. The Morgan fingerprint density at radius 3 is 2.75 bits per heavy atom. The number of carbonyl (C=O) groups excluding carboxylic acids is 2. The van der Waals surface area contributed by atoms with Crippen LogP contribution in [0.2, 0.25) is 0 Å².